The first kappa shape index (κ1) is 16.0. The first-order valence-corrected chi connectivity index (χ1v) is 8.83. The molecule has 0 aliphatic rings. The predicted octanol–water partition coefficient (Wildman–Crippen LogP) is 3.99. The van der Waals surface area contributed by atoms with Crippen LogP contribution in [0.3, 0.4) is 0 Å². The van der Waals surface area contributed by atoms with Crippen LogP contribution in [0.15, 0.2) is 61.6 Å². The Morgan fingerprint density at radius 3 is 2.76 bits per heavy atom. The third-order valence-electron chi connectivity index (χ3n) is 3.76. The molecule has 0 aliphatic heterocycles. The van der Waals surface area contributed by atoms with Crippen molar-refractivity contribution in [3.05, 3.63) is 67.6 Å². The summed E-state index contributed by atoms with van der Waals surface area (Å²) in [6.45, 7) is 0. The number of fused-ring (bicyclic) bond motifs is 3. The Labute approximate surface area is 158 Å². The molecule has 2 aromatic carbocycles. The lowest BCUT2D eigenvalue weighted by molar-refractivity contribution is 0.474. The van der Waals surface area contributed by atoms with Gasteiger partial charge in [-0.05, 0) is 36.4 Å². The lowest BCUT2D eigenvalue weighted by Gasteiger charge is -2.00. The molecule has 0 saturated carbocycles. The van der Waals surface area contributed by atoms with Crippen LogP contribution in [0, 0.1) is 0 Å². The molecule has 0 aliphatic carbocycles. The van der Waals surface area contributed by atoms with E-state index in [-0.39, 0.29) is 11.3 Å². The summed E-state index contributed by atoms with van der Waals surface area (Å²) >= 11 is 6.76. The summed E-state index contributed by atoms with van der Waals surface area (Å²) in [5.41, 5.74) is 1.98. The summed E-state index contributed by atoms with van der Waals surface area (Å²) in [6, 6.07) is 10.7. The molecule has 25 heavy (non-hydrogen) atoms. The predicted molar refractivity (Wildman–Crippen MR) is 104 cm³/mol. The van der Waals surface area contributed by atoms with Gasteiger partial charge >= 0.3 is 0 Å². The molecular weight excluding hydrogens is 452 g/mol. The van der Waals surface area contributed by atoms with Gasteiger partial charge in [0.05, 0.1) is 6.21 Å². The van der Waals surface area contributed by atoms with Gasteiger partial charge in [0.1, 0.15) is 23.1 Å². The SMILES string of the molecule is O=c1c2[nH]c3ccc(Br)cc3c2ncn1/N=C/c1cc(Br)ccc1O. The van der Waals surface area contributed by atoms with Gasteiger partial charge in [-0.1, -0.05) is 31.9 Å². The van der Waals surface area contributed by atoms with E-state index in [0.717, 1.165) is 24.5 Å². The smallest absolute Gasteiger partial charge is 0.298 e. The second-order valence-corrected chi connectivity index (χ2v) is 7.21. The highest BCUT2D eigenvalue weighted by Crippen LogP contribution is 2.25. The normalized spacial score (nSPS) is 11.8. The minimum Gasteiger partial charge on any atom is -0.507 e. The molecule has 0 atom stereocenters. The third kappa shape index (κ3) is 2.87. The number of halogens is 2. The fourth-order valence-electron chi connectivity index (χ4n) is 2.55. The minimum absolute atomic E-state index is 0.0736. The molecule has 2 N–H and O–H groups in total. The van der Waals surface area contributed by atoms with Crippen molar-refractivity contribution >= 4 is 60.0 Å². The van der Waals surface area contributed by atoms with Crippen molar-refractivity contribution in [3.8, 4) is 5.75 Å². The summed E-state index contributed by atoms with van der Waals surface area (Å²) in [7, 11) is 0. The van der Waals surface area contributed by atoms with Crippen molar-refractivity contribution in [2.75, 3.05) is 0 Å². The Hall–Kier alpha value is -2.45. The van der Waals surface area contributed by atoms with Gasteiger partial charge in [0.15, 0.2) is 0 Å². The molecule has 0 unspecified atom stereocenters. The van der Waals surface area contributed by atoms with Gasteiger partial charge in [-0.15, -0.1) is 0 Å². The summed E-state index contributed by atoms with van der Waals surface area (Å²) in [5.74, 6) is 0.0736. The Kier molecular flexibility index (Phi) is 3.93. The molecular formula is C17H10Br2N4O2. The average molecular weight is 462 g/mol. The van der Waals surface area contributed by atoms with Crippen LogP contribution in [-0.2, 0) is 0 Å². The van der Waals surface area contributed by atoms with Crippen molar-refractivity contribution in [2.45, 2.75) is 0 Å². The zero-order valence-corrected chi connectivity index (χ0v) is 15.7. The molecule has 2 heterocycles. The number of H-pyrrole nitrogens is 1. The van der Waals surface area contributed by atoms with Crippen LogP contribution >= 0.6 is 31.9 Å². The van der Waals surface area contributed by atoms with E-state index < -0.39 is 0 Å². The maximum atomic E-state index is 12.7. The van der Waals surface area contributed by atoms with Crippen LogP contribution in [0.5, 0.6) is 5.75 Å². The van der Waals surface area contributed by atoms with E-state index in [1.165, 1.54) is 12.5 Å². The molecule has 4 rings (SSSR count). The fourth-order valence-corrected chi connectivity index (χ4v) is 3.29. The van der Waals surface area contributed by atoms with Gasteiger partial charge in [-0.3, -0.25) is 4.79 Å². The molecule has 8 heteroatoms. The lowest BCUT2D eigenvalue weighted by atomic mass is 10.2. The van der Waals surface area contributed by atoms with Gasteiger partial charge in [0.2, 0.25) is 0 Å². The Bertz CT molecular complexity index is 1210. The monoisotopic (exact) mass is 460 g/mol. The van der Waals surface area contributed by atoms with Crippen LogP contribution in [-0.4, -0.2) is 26.0 Å². The van der Waals surface area contributed by atoms with Gasteiger partial charge in [-0.2, -0.15) is 9.78 Å². The van der Waals surface area contributed by atoms with E-state index in [1.54, 1.807) is 18.2 Å². The topological polar surface area (TPSA) is 83.3 Å². The number of aromatic hydroxyl groups is 1. The molecule has 0 bridgehead atoms. The molecule has 6 nitrogen and oxygen atoms in total. The zero-order valence-electron chi connectivity index (χ0n) is 12.6. The van der Waals surface area contributed by atoms with E-state index in [9.17, 15) is 9.90 Å². The number of nitrogens with one attached hydrogen (secondary N) is 1. The molecule has 124 valence electrons. The number of phenols is 1. The van der Waals surface area contributed by atoms with Gasteiger partial charge in [0, 0.05) is 25.4 Å². The highest BCUT2D eigenvalue weighted by molar-refractivity contribution is 9.10. The second kappa shape index (κ2) is 6.12. The molecule has 2 aromatic heterocycles. The van der Waals surface area contributed by atoms with Crippen LogP contribution in [0.2, 0.25) is 0 Å². The van der Waals surface area contributed by atoms with Crippen LogP contribution in [0.25, 0.3) is 21.9 Å². The molecule has 0 radical (unpaired) electrons. The van der Waals surface area contributed by atoms with E-state index in [4.69, 9.17) is 0 Å². The number of benzene rings is 2. The fraction of sp³-hybridized carbons (Fsp3) is 0. The summed E-state index contributed by atoms with van der Waals surface area (Å²) in [6.07, 6.45) is 2.78. The van der Waals surface area contributed by atoms with Crippen LogP contribution in [0.1, 0.15) is 5.56 Å². The number of hydrogen-bond donors (Lipinski definition) is 2. The van der Waals surface area contributed by atoms with Crippen LogP contribution in [0.4, 0.5) is 0 Å². The third-order valence-corrected chi connectivity index (χ3v) is 4.75. The van der Waals surface area contributed by atoms with E-state index in [2.05, 4.69) is 46.9 Å². The lowest BCUT2D eigenvalue weighted by Crippen LogP contribution is -2.17. The molecule has 0 spiro atoms. The van der Waals surface area contributed by atoms with Gasteiger partial charge in [0.25, 0.3) is 5.56 Å². The Morgan fingerprint density at radius 2 is 1.92 bits per heavy atom. The average Bonchev–Trinajstić information content (AvgIpc) is 2.96. The van der Waals surface area contributed by atoms with E-state index >= 15 is 0 Å². The maximum Gasteiger partial charge on any atom is 0.298 e. The maximum absolute atomic E-state index is 12.7. The number of rotatable bonds is 2. The molecule has 4 aromatic rings. The number of nitrogens with zero attached hydrogens (tertiary/aromatic N) is 3. The number of aromatic nitrogens is 3. The molecule has 0 amide bonds. The van der Waals surface area contributed by atoms with Gasteiger partial charge in [-0.25, -0.2) is 4.98 Å². The van der Waals surface area contributed by atoms with Crippen molar-refractivity contribution < 1.29 is 5.11 Å². The quantitative estimate of drug-likeness (QED) is 0.442. The molecule has 0 fully saturated rings. The largest absolute Gasteiger partial charge is 0.507 e. The molecule has 0 saturated heterocycles. The number of phenolic OH excluding ortho intramolecular Hbond substituents is 1. The van der Waals surface area contributed by atoms with Gasteiger partial charge < -0.3 is 10.1 Å². The number of aromatic amines is 1. The summed E-state index contributed by atoms with van der Waals surface area (Å²) in [4.78, 5) is 20.1. The second-order valence-electron chi connectivity index (χ2n) is 5.38. The Balaban J connectivity index is 1.84. The Morgan fingerprint density at radius 1 is 1.16 bits per heavy atom. The van der Waals surface area contributed by atoms with Crippen molar-refractivity contribution in [1.82, 2.24) is 14.6 Å². The standard InChI is InChI=1S/C17H10Br2N4O2/c18-10-2-4-14(24)9(5-10)7-21-23-8-20-15-12-6-11(19)1-3-13(12)22-16(15)17(23)25/h1-8,22,24H/b21-7+. The highest BCUT2D eigenvalue weighted by Gasteiger charge is 2.11. The van der Waals surface area contributed by atoms with Crippen molar-refractivity contribution in [1.29, 1.82) is 0 Å². The van der Waals surface area contributed by atoms with Crippen molar-refractivity contribution in [2.24, 2.45) is 5.10 Å². The van der Waals surface area contributed by atoms with E-state index in [0.29, 0.717) is 16.6 Å². The zero-order chi connectivity index (χ0) is 17.6. The van der Waals surface area contributed by atoms with Crippen molar-refractivity contribution in [3.63, 3.8) is 0 Å². The van der Waals surface area contributed by atoms with E-state index in [1.807, 2.05) is 18.2 Å². The first-order valence-electron chi connectivity index (χ1n) is 7.24. The number of hydrogen-bond acceptors (Lipinski definition) is 4. The van der Waals surface area contributed by atoms with Crippen LogP contribution < -0.4 is 5.56 Å². The highest BCUT2D eigenvalue weighted by atomic mass is 79.9. The first-order chi connectivity index (χ1) is 12.0. The minimum atomic E-state index is -0.317. The summed E-state index contributed by atoms with van der Waals surface area (Å²) in [5, 5.41) is 14.8. The summed E-state index contributed by atoms with van der Waals surface area (Å²) < 4.78 is 2.84.